The van der Waals surface area contributed by atoms with Crippen molar-refractivity contribution in [2.24, 2.45) is 0 Å². The molecule has 12 atom stereocenters. The van der Waals surface area contributed by atoms with Crippen molar-refractivity contribution in [3.63, 3.8) is 0 Å². The summed E-state index contributed by atoms with van der Waals surface area (Å²) in [5, 5.41) is 87.5. The molecule has 0 radical (unpaired) electrons. The van der Waals surface area contributed by atoms with Crippen LogP contribution >= 0.6 is 0 Å². The lowest BCUT2D eigenvalue weighted by molar-refractivity contribution is -0.359. The van der Waals surface area contributed by atoms with Crippen LogP contribution in [0.3, 0.4) is 0 Å². The standard InChI is InChI=1S/C66H125NO13/c1-3-5-7-9-11-13-15-17-19-21-23-25-27-29-31-33-35-37-39-41-43-45-47-49-55(70)54(53-77-65-63(76)61(74)64(57(52-69)79-65)80-66-62(75)60(73)59(72)56(51-68)78-66)67-58(71)50-48-46-44-42-40-38-36-34-32-30-28-26-24-22-20-18-16-14-12-10-8-6-4-2/h16,18,22,24,54-57,59-66,68-70,72-76H,3-15,17,19-21,23,25-53H2,1-2H3,(H,67,71)/b18-16-,24-22-. The number of hydrogen-bond donors (Lipinski definition) is 9. The summed E-state index contributed by atoms with van der Waals surface area (Å²) in [6.45, 7) is 2.89. The van der Waals surface area contributed by atoms with Gasteiger partial charge in [-0.25, -0.2) is 0 Å². The van der Waals surface area contributed by atoms with Gasteiger partial charge in [-0.15, -0.1) is 0 Å². The molecule has 14 nitrogen and oxygen atoms in total. The van der Waals surface area contributed by atoms with E-state index in [1.807, 2.05) is 0 Å². The number of nitrogens with one attached hydrogen (secondary N) is 1. The fourth-order valence-corrected chi connectivity index (χ4v) is 11.3. The topological polar surface area (TPSA) is 228 Å². The van der Waals surface area contributed by atoms with E-state index < -0.39 is 86.8 Å². The number of amides is 1. The third kappa shape index (κ3) is 36.3. The van der Waals surface area contributed by atoms with Crippen LogP contribution < -0.4 is 5.32 Å². The van der Waals surface area contributed by atoms with Gasteiger partial charge in [-0.1, -0.05) is 269 Å². The zero-order chi connectivity index (χ0) is 58.1. The molecule has 2 aliphatic heterocycles. The average Bonchev–Trinajstić information content (AvgIpc) is 3.46. The number of hydrogen-bond acceptors (Lipinski definition) is 13. The molecule has 2 fully saturated rings. The van der Waals surface area contributed by atoms with E-state index in [4.69, 9.17) is 18.9 Å². The maximum absolute atomic E-state index is 13.3. The quantitative estimate of drug-likeness (QED) is 0.0204. The largest absolute Gasteiger partial charge is 0.394 e. The lowest BCUT2D eigenvalue weighted by atomic mass is 9.97. The molecule has 0 spiro atoms. The van der Waals surface area contributed by atoms with Gasteiger partial charge in [0.15, 0.2) is 12.6 Å². The van der Waals surface area contributed by atoms with E-state index in [0.29, 0.717) is 12.8 Å². The molecule has 1 amide bonds. The van der Waals surface area contributed by atoms with Crippen molar-refractivity contribution in [1.29, 1.82) is 0 Å². The van der Waals surface area contributed by atoms with Gasteiger partial charge in [0, 0.05) is 6.42 Å². The molecule has 0 aromatic rings. The van der Waals surface area contributed by atoms with Crippen molar-refractivity contribution in [1.82, 2.24) is 5.32 Å². The first-order valence-corrected chi connectivity index (χ1v) is 33.6. The third-order valence-electron chi connectivity index (χ3n) is 16.7. The van der Waals surface area contributed by atoms with Crippen LogP contribution in [0.1, 0.15) is 296 Å². The number of allylic oxidation sites excluding steroid dienone is 4. The first-order chi connectivity index (χ1) is 39.1. The minimum Gasteiger partial charge on any atom is -0.394 e. The number of aliphatic hydroxyl groups is 8. The van der Waals surface area contributed by atoms with Gasteiger partial charge in [-0.05, 0) is 44.9 Å². The van der Waals surface area contributed by atoms with Crippen LogP contribution in [0.4, 0.5) is 0 Å². The number of rotatable bonds is 55. The molecule has 2 saturated heterocycles. The summed E-state index contributed by atoms with van der Waals surface area (Å²) in [6, 6.07) is -0.829. The number of carbonyl (C=O) groups excluding carboxylic acids is 1. The fraction of sp³-hybridized carbons (Fsp3) is 0.924. The second-order valence-electron chi connectivity index (χ2n) is 24.0. The van der Waals surface area contributed by atoms with E-state index in [2.05, 4.69) is 43.5 Å². The van der Waals surface area contributed by atoms with Crippen molar-refractivity contribution in [3.8, 4) is 0 Å². The lowest BCUT2D eigenvalue weighted by Crippen LogP contribution is -2.65. The molecule has 0 bridgehead atoms. The highest BCUT2D eigenvalue weighted by Gasteiger charge is 2.51. The number of unbranched alkanes of at least 4 members (excludes halogenated alkanes) is 38. The molecule has 80 heavy (non-hydrogen) atoms. The summed E-state index contributed by atoms with van der Waals surface area (Å²) in [5.74, 6) is -0.204. The molecule has 0 aromatic carbocycles. The maximum Gasteiger partial charge on any atom is 0.220 e. The predicted molar refractivity (Wildman–Crippen MR) is 323 cm³/mol. The van der Waals surface area contributed by atoms with E-state index in [0.717, 1.165) is 57.8 Å². The van der Waals surface area contributed by atoms with E-state index >= 15 is 0 Å². The lowest BCUT2D eigenvalue weighted by Gasteiger charge is -2.46. The molecule has 9 N–H and O–H groups in total. The molecular weight excluding hydrogens is 1010 g/mol. The number of carbonyl (C=O) groups is 1. The van der Waals surface area contributed by atoms with Crippen molar-refractivity contribution in [3.05, 3.63) is 24.3 Å². The van der Waals surface area contributed by atoms with Gasteiger partial charge in [0.2, 0.25) is 5.91 Å². The average molecular weight is 1140 g/mol. The molecule has 0 aliphatic carbocycles. The zero-order valence-corrected chi connectivity index (χ0v) is 51.1. The summed E-state index contributed by atoms with van der Waals surface area (Å²) in [5.41, 5.74) is 0. The molecule has 472 valence electrons. The number of ether oxygens (including phenoxy) is 4. The Labute approximate surface area is 488 Å². The van der Waals surface area contributed by atoms with Crippen LogP contribution in [-0.2, 0) is 23.7 Å². The fourth-order valence-electron chi connectivity index (χ4n) is 11.3. The van der Waals surface area contributed by atoms with Crippen LogP contribution in [0, 0.1) is 0 Å². The minimum atomic E-state index is -1.78. The van der Waals surface area contributed by atoms with Gasteiger partial charge in [0.25, 0.3) is 0 Å². The molecule has 2 aliphatic rings. The minimum absolute atomic E-state index is 0.204. The molecule has 2 heterocycles. The SMILES string of the molecule is CCCCCCC/C=C\C/C=C\CCCCCCCCCCCCCC(=O)NC(COC1OC(CO)C(OC2OC(CO)C(O)C(O)C2O)C(O)C1O)C(O)CCCCCCCCCCCCCCCCCCCCCCCCC. The highest BCUT2D eigenvalue weighted by molar-refractivity contribution is 5.76. The highest BCUT2D eigenvalue weighted by atomic mass is 16.7. The molecule has 0 aromatic heterocycles. The van der Waals surface area contributed by atoms with Crippen molar-refractivity contribution in [2.45, 2.75) is 370 Å². The van der Waals surface area contributed by atoms with Gasteiger partial charge in [-0.2, -0.15) is 0 Å². The van der Waals surface area contributed by atoms with Crippen LogP contribution in [0.25, 0.3) is 0 Å². The zero-order valence-electron chi connectivity index (χ0n) is 51.1. The van der Waals surface area contributed by atoms with Crippen molar-refractivity contribution in [2.75, 3.05) is 19.8 Å². The Morgan fingerprint density at radius 1 is 0.450 bits per heavy atom. The molecular formula is C66H125NO13. The van der Waals surface area contributed by atoms with Gasteiger partial charge in [0.05, 0.1) is 32.0 Å². The van der Waals surface area contributed by atoms with Crippen molar-refractivity contribution < 1.29 is 64.6 Å². The summed E-state index contributed by atoms with van der Waals surface area (Å²) < 4.78 is 22.9. The Morgan fingerprint density at radius 3 is 1.25 bits per heavy atom. The first-order valence-electron chi connectivity index (χ1n) is 33.6. The molecule has 12 unspecified atom stereocenters. The van der Waals surface area contributed by atoms with E-state index in [9.17, 15) is 45.6 Å². The third-order valence-corrected chi connectivity index (χ3v) is 16.7. The van der Waals surface area contributed by atoms with E-state index in [-0.39, 0.29) is 12.5 Å². The second-order valence-corrected chi connectivity index (χ2v) is 24.0. The Bertz CT molecular complexity index is 1440. The van der Waals surface area contributed by atoms with Crippen LogP contribution in [0.5, 0.6) is 0 Å². The van der Waals surface area contributed by atoms with Gasteiger partial charge in [0.1, 0.15) is 48.8 Å². The normalized spacial score (nSPS) is 24.3. The Kier molecular flexibility index (Phi) is 48.3. The Hall–Kier alpha value is -1.53. The molecule has 2 rings (SSSR count). The summed E-state index contributed by atoms with van der Waals surface area (Å²) in [6.07, 6.45) is 46.0. The van der Waals surface area contributed by atoms with E-state index in [1.54, 1.807) is 0 Å². The van der Waals surface area contributed by atoms with Crippen LogP contribution in [0.2, 0.25) is 0 Å². The first kappa shape index (κ1) is 74.6. The van der Waals surface area contributed by atoms with Gasteiger partial charge < -0.3 is 65.1 Å². The second kappa shape index (κ2) is 51.9. The van der Waals surface area contributed by atoms with Crippen LogP contribution in [0.15, 0.2) is 24.3 Å². The van der Waals surface area contributed by atoms with E-state index in [1.165, 1.54) is 212 Å². The van der Waals surface area contributed by atoms with Gasteiger partial charge in [-0.3, -0.25) is 4.79 Å². The van der Waals surface area contributed by atoms with Gasteiger partial charge >= 0.3 is 0 Å². The predicted octanol–water partition coefficient (Wildman–Crippen LogP) is 12.8. The summed E-state index contributed by atoms with van der Waals surface area (Å²) in [7, 11) is 0. The summed E-state index contributed by atoms with van der Waals surface area (Å²) in [4.78, 5) is 13.3. The Morgan fingerprint density at radius 2 is 0.825 bits per heavy atom. The Balaban J connectivity index is 1.70. The highest BCUT2D eigenvalue weighted by Crippen LogP contribution is 2.30. The van der Waals surface area contributed by atoms with Crippen LogP contribution in [-0.4, -0.2) is 140 Å². The number of aliphatic hydroxyl groups excluding tert-OH is 8. The summed E-state index contributed by atoms with van der Waals surface area (Å²) >= 11 is 0. The van der Waals surface area contributed by atoms with Crippen molar-refractivity contribution >= 4 is 5.91 Å². The smallest absolute Gasteiger partial charge is 0.220 e. The molecule has 14 heteroatoms. The molecule has 0 saturated carbocycles. The maximum atomic E-state index is 13.3. The monoisotopic (exact) mass is 1140 g/mol.